The summed E-state index contributed by atoms with van der Waals surface area (Å²) in [4.78, 5) is 15.9. The van der Waals surface area contributed by atoms with E-state index in [-0.39, 0.29) is 12.0 Å². The topological polar surface area (TPSA) is 88.2 Å². The van der Waals surface area contributed by atoms with Crippen LogP contribution in [0.2, 0.25) is 0 Å². The molecule has 1 heterocycles. The third-order valence-corrected chi connectivity index (χ3v) is 3.81. The highest BCUT2D eigenvalue weighted by Gasteiger charge is 2.27. The van der Waals surface area contributed by atoms with Gasteiger partial charge < -0.3 is 16.2 Å². The van der Waals surface area contributed by atoms with Crippen molar-refractivity contribution in [3.63, 3.8) is 0 Å². The molecule has 0 aliphatic heterocycles. The summed E-state index contributed by atoms with van der Waals surface area (Å²) in [7, 11) is 0. The maximum atomic E-state index is 11.7. The quantitative estimate of drug-likeness (QED) is 0.698. The van der Waals surface area contributed by atoms with Crippen LogP contribution < -0.4 is 11.1 Å². The largest absolute Gasteiger partial charge is 0.393 e. The molecule has 0 radical (unpaired) electrons. The van der Waals surface area contributed by atoms with Gasteiger partial charge in [0.05, 0.1) is 11.1 Å². The summed E-state index contributed by atoms with van der Waals surface area (Å²) in [5, 5.41) is 14.6. The van der Waals surface area contributed by atoms with Crippen molar-refractivity contribution in [1.29, 1.82) is 0 Å². The van der Waals surface area contributed by atoms with Gasteiger partial charge in [-0.1, -0.05) is 0 Å². The zero-order valence-corrected chi connectivity index (χ0v) is 10.4. The second kappa shape index (κ2) is 5.57. The molecule has 94 valence electrons. The first-order chi connectivity index (χ1) is 8.19. The Kier molecular flexibility index (Phi) is 4.09. The summed E-state index contributed by atoms with van der Waals surface area (Å²) in [5.41, 5.74) is 5.90. The van der Waals surface area contributed by atoms with Crippen molar-refractivity contribution in [3.8, 4) is 0 Å². The molecule has 0 spiro atoms. The molecule has 4 N–H and O–H groups in total. The number of carbonyl (C=O) groups excluding carboxylic acids is 1. The number of amides is 1. The number of hydrogen-bond donors (Lipinski definition) is 3. The molecule has 0 aromatic carbocycles. The smallest absolute Gasteiger partial charge is 0.270 e. The number of nitrogens with zero attached hydrogens (tertiary/aromatic N) is 1. The number of rotatable bonds is 5. The molecule has 0 atom stereocenters. The molecule has 1 fully saturated rings. The predicted octanol–water partition coefficient (Wildman–Crippen LogP) is 0.145. The Hall–Kier alpha value is -0.980. The maximum absolute atomic E-state index is 11.7. The number of hydrogen-bond acceptors (Lipinski definition) is 5. The van der Waals surface area contributed by atoms with Gasteiger partial charge in [-0.3, -0.25) is 4.79 Å². The van der Waals surface area contributed by atoms with E-state index in [0.717, 1.165) is 17.8 Å². The zero-order valence-electron chi connectivity index (χ0n) is 9.56. The van der Waals surface area contributed by atoms with Crippen molar-refractivity contribution in [3.05, 3.63) is 16.1 Å². The molecule has 0 bridgehead atoms. The van der Waals surface area contributed by atoms with Crippen molar-refractivity contribution < 1.29 is 9.90 Å². The van der Waals surface area contributed by atoms with Gasteiger partial charge in [-0.15, -0.1) is 11.3 Å². The van der Waals surface area contributed by atoms with Crippen LogP contribution >= 0.6 is 11.3 Å². The minimum Gasteiger partial charge on any atom is -0.393 e. The van der Waals surface area contributed by atoms with Crippen LogP contribution in [0.25, 0.3) is 0 Å². The number of aliphatic hydroxyl groups excluding tert-OH is 1. The van der Waals surface area contributed by atoms with Crippen LogP contribution in [0.3, 0.4) is 0 Å². The van der Waals surface area contributed by atoms with Gasteiger partial charge in [0.1, 0.15) is 5.69 Å². The van der Waals surface area contributed by atoms with Gasteiger partial charge in [0.25, 0.3) is 5.91 Å². The summed E-state index contributed by atoms with van der Waals surface area (Å²) in [6.07, 6.45) is 2.12. The maximum Gasteiger partial charge on any atom is 0.270 e. The molecule has 6 heteroatoms. The van der Waals surface area contributed by atoms with Crippen molar-refractivity contribution in [2.45, 2.75) is 25.4 Å². The van der Waals surface area contributed by atoms with E-state index < -0.39 is 0 Å². The second-order valence-electron chi connectivity index (χ2n) is 4.37. The lowest BCUT2D eigenvalue weighted by Gasteiger charge is -2.31. The van der Waals surface area contributed by atoms with E-state index in [1.807, 2.05) is 0 Å². The lowest BCUT2D eigenvalue weighted by Crippen LogP contribution is -2.38. The minimum atomic E-state index is -0.174. The number of nitrogens with one attached hydrogen (secondary N) is 1. The van der Waals surface area contributed by atoms with Gasteiger partial charge >= 0.3 is 0 Å². The molecular formula is C11H17N3O2S. The summed E-state index contributed by atoms with van der Waals surface area (Å²) in [6, 6.07) is 0. The fraction of sp³-hybridized carbons (Fsp3) is 0.636. The van der Waals surface area contributed by atoms with E-state index in [0.29, 0.717) is 31.1 Å². The summed E-state index contributed by atoms with van der Waals surface area (Å²) < 4.78 is 0. The van der Waals surface area contributed by atoms with Gasteiger partial charge in [-0.2, -0.15) is 0 Å². The summed E-state index contributed by atoms with van der Waals surface area (Å²) >= 11 is 1.46. The predicted molar refractivity (Wildman–Crippen MR) is 65.9 cm³/mol. The Morgan fingerprint density at radius 1 is 1.65 bits per heavy atom. The normalized spacial score (nSPS) is 23.2. The minimum absolute atomic E-state index is 0.133. The van der Waals surface area contributed by atoms with Crippen molar-refractivity contribution in [2.75, 3.05) is 13.1 Å². The molecule has 1 aliphatic carbocycles. The number of aromatic nitrogens is 1. The molecule has 0 saturated heterocycles. The molecule has 1 aromatic rings. The molecule has 1 aromatic heterocycles. The molecular weight excluding hydrogens is 238 g/mol. The van der Waals surface area contributed by atoms with E-state index in [1.54, 1.807) is 5.38 Å². The van der Waals surface area contributed by atoms with Gasteiger partial charge in [0.15, 0.2) is 0 Å². The number of thiazole rings is 1. The third kappa shape index (κ3) is 3.24. The summed E-state index contributed by atoms with van der Waals surface area (Å²) in [5.74, 6) is 0.280. The SMILES string of the molecule is NCCc1nc(C(=O)NCC2CC(O)C2)cs1. The molecule has 5 nitrogen and oxygen atoms in total. The monoisotopic (exact) mass is 255 g/mol. The summed E-state index contributed by atoms with van der Waals surface area (Å²) in [6.45, 7) is 1.17. The fourth-order valence-corrected chi connectivity index (χ4v) is 2.64. The first-order valence-corrected chi connectivity index (χ1v) is 6.67. The number of carbonyl (C=O) groups is 1. The standard InChI is InChI=1S/C11H17N3O2S/c12-2-1-10-14-9(6-17-10)11(16)13-5-7-3-8(15)4-7/h6-8,15H,1-5,12H2,(H,13,16). The van der Waals surface area contributed by atoms with E-state index in [4.69, 9.17) is 10.8 Å². The number of aliphatic hydroxyl groups is 1. The van der Waals surface area contributed by atoms with Crippen molar-refractivity contribution in [1.82, 2.24) is 10.3 Å². The number of nitrogens with two attached hydrogens (primary N) is 1. The Bertz CT molecular complexity index is 388. The molecule has 0 unspecified atom stereocenters. The van der Waals surface area contributed by atoms with E-state index in [2.05, 4.69) is 10.3 Å². The Balaban J connectivity index is 1.78. The fourth-order valence-electron chi connectivity index (χ4n) is 1.85. The average molecular weight is 255 g/mol. The van der Waals surface area contributed by atoms with Crippen molar-refractivity contribution in [2.24, 2.45) is 11.7 Å². The molecule has 1 aliphatic rings. The van der Waals surface area contributed by atoms with E-state index in [1.165, 1.54) is 11.3 Å². The Morgan fingerprint density at radius 2 is 2.41 bits per heavy atom. The highest BCUT2D eigenvalue weighted by atomic mass is 32.1. The van der Waals surface area contributed by atoms with Crippen LogP contribution in [-0.2, 0) is 6.42 Å². The van der Waals surface area contributed by atoms with Crippen LogP contribution in [0.4, 0.5) is 0 Å². The van der Waals surface area contributed by atoms with Crippen molar-refractivity contribution >= 4 is 17.2 Å². The Morgan fingerprint density at radius 3 is 3.06 bits per heavy atom. The molecule has 1 amide bonds. The third-order valence-electron chi connectivity index (χ3n) is 2.90. The Labute approximate surface area is 104 Å². The highest BCUT2D eigenvalue weighted by Crippen LogP contribution is 2.26. The lowest BCUT2D eigenvalue weighted by molar-refractivity contribution is 0.0420. The molecule has 17 heavy (non-hydrogen) atoms. The lowest BCUT2D eigenvalue weighted by atomic mass is 9.82. The van der Waals surface area contributed by atoms with Gasteiger partial charge in [-0.05, 0) is 25.3 Å². The second-order valence-corrected chi connectivity index (χ2v) is 5.31. The average Bonchev–Trinajstić information content (AvgIpc) is 2.71. The van der Waals surface area contributed by atoms with Crippen LogP contribution in [0.5, 0.6) is 0 Å². The first-order valence-electron chi connectivity index (χ1n) is 5.79. The first kappa shape index (κ1) is 12.5. The van der Waals surface area contributed by atoms with Crippen LogP contribution in [0, 0.1) is 5.92 Å². The van der Waals surface area contributed by atoms with Gasteiger partial charge in [-0.25, -0.2) is 4.98 Å². The van der Waals surface area contributed by atoms with E-state index in [9.17, 15) is 4.79 Å². The van der Waals surface area contributed by atoms with Gasteiger partial charge in [0, 0.05) is 18.3 Å². The zero-order chi connectivity index (χ0) is 12.3. The van der Waals surface area contributed by atoms with Crippen LogP contribution in [-0.4, -0.2) is 35.2 Å². The highest BCUT2D eigenvalue weighted by molar-refractivity contribution is 7.09. The van der Waals surface area contributed by atoms with Crippen LogP contribution in [0.1, 0.15) is 28.3 Å². The van der Waals surface area contributed by atoms with E-state index >= 15 is 0 Å². The van der Waals surface area contributed by atoms with Crippen LogP contribution in [0.15, 0.2) is 5.38 Å². The molecule has 1 saturated carbocycles. The molecule has 2 rings (SSSR count). The van der Waals surface area contributed by atoms with Gasteiger partial charge in [0.2, 0.25) is 0 Å².